The lowest BCUT2D eigenvalue weighted by Crippen LogP contribution is -2.45. The van der Waals surface area contributed by atoms with Crippen LogP contribution in [0.15, 0.2) is 29.5 Å². The zero-order valence-electron chi connectivity index (χ0n) is 16.4. The van der Waals surface area contributed by atoms with E-state index in [1.807, 2.05) is 17.0 Å². The summed E-state index contributed by atoms with van der Waals surface area (Å²) in [6.45, 7) is 3.30. The fraction of sp³-hybridized carbons (Fsp3) is 0.500. The maximum Gasteiger partial charge on any atom is 0.322 e. The van der Waals surface area contributed by atoms with E-state index in [1.54, 1.807) is 27.3 Å². The number of ether oxygens (including phenoxy) is 2. The van der Waals surface area contributed by atoms with Crippen molar-refractivity contribution < 1.29 is 19.1 Å². The monoisotopic (exact) mass is 373 g/mol. The lowest BCUT2D eigenvalue weighted by atomic mass is 9.94. The number of unbranched alkanes of at least 4 members (excludes halogenated alkanes) is 2. The van der Waals surface area contributed by atoms with Crippen molar-refractivity contribution in [3.8, 4) is 11.5 Å². The first-order valence-corrected chi connectivity index (χ1v) is 9.30. The van der Waals surface area contributed by atoms with Gasteiger partial charge in [-0.15, -0.1) is 0 Å². The van der Waals surface area contributed by atoms with Crippen molar-refractivity contribution in [2.75, 3.05) is 34.4 Å². The van der Waals surface area contributed by atoms with Gasteiger partial charge in [-0.25, -0.2) is 4.79 Å². The lowest BCUT2D eigenvalue weighted by Gasteiger charge is -2.31. The summed E-state index contributed by atoms with van der Waals surface area (Å²) >= 11 is 0. The number of nitrogens with one attached hydrogen (secondary N) is 1. The maximum atomic E-state index is 13.1. The Balaban J connectivity index is 2.00. The summed E-state index contributed by atoms with van der Waals surface area (Å²) in [7, 11) is 4.82. The Morgan fingerprint density at radius 3 is 2.63 bits per heavy atom. The summed E-state index contributed by atoms with van der Waals surface area (Å²) in [6.07, 6.45) is 3.13. The van der Waals surface area contributed by atoms with E-state index in [-0.39, 0.29) is 11.9 Å². The first kappa shape index (κ1) is 19.1. The number of urea groups is 1. The number of hydrogen-bond donors (Lipinski definition) is 1. The molecule has 1 N–H and O–H groups in total. The molecule has 0 aliphatic carbocycles. The normalized spacial score (nSPS) is 19.3. The van der Waals surface area contributed by atoms with E-state index in [4.69, 9.17) is 9.47 Å². The van der Waals surface area contributed by atoms with Crippen LogP contribution in [0.5, 0.6) is 11.5 Å². The molecule has 27 heavy (non-hydrogen) atoms. The molecule has 7 heteroatoms. The van der Waals surface area contributed by atoms with Crippen LogP contribution in [-0.2, 0) is 4.79 Å². The molecule has 7 nitrogen and oxygen atoms in total. The molecule has 0 radical (unpaired) electrons. The molecule has 1 aromatic rings. The van der Waals surface area contributed by atoms with Crippen LogP contribution in [0.25, 0.3) is 0 Å². The third-order valence-corrected chi connectivity index (χ3v) is 5.21. The minimum Gasteiger partial charge on any atom is -0.493 e. The number of methoxy groups -OCH3 is 2. The molecule has 0 unspecified atom stereocenters. The van der Waals surface area contributed by atoms with Crippen LogP contribution >= 0.6 is 0 Å². The smallest absolute Gasteiger partial charge is 0.322 e. The number of nitrogens with zero attached hydrogens (tertiary/aromatic N) is 2. The summed E-state index contributed by atoms with van der Waals surface area (Å²) in [6, 6.07) is 4.70. The van der Waals surface area contributed by atoms with Gasteiger partial charge in [-0.3, -0.25) is 9.69 Å². The Bertz CT molecular complexity index is 774. The third kappa shape index (κ3) is 3.34. The van der Waals surface area contributed by atoms with Gasteiger partial charge in [0.2, 0.25) is 0 Å². The van der Waals surface area contributed by atoms with Crippen molar-refractivity contribution >= 4 is 11.9 Å². The highest BCUT2D eigenvalue weighted by atomic mass is 16.5. The number of carbonyl (C=O) groups is 2. The van der Waals surface area contributed by atoms with Crippen LogP contribution < -0.4 is 14.8 Å². The molecule has 2 aliphatic heterocycles. The summed E-state index contributed by atoms with van der Waals surface area (Å²) in [4.78, 5) is 29.0. The molecule has 1 atom stereocenters. The van der Waals surface area contributed by atoms with E-state index in [2.05, 4.69) is 12.2 Å². The number of hydrogen-bond acceptors (Lipinski definition) is 4. The van der Waals surface area contributed by atoms with Crippen LogP contribution in [0.1, 0.15) is 37.8 Å². The highest BCUT2D eigenvalue weighted by molar-refractivity contribution is 6.01. The minimum atomic E-state index is -0.558. The van der Waals surface area contributed by atoms with Gasteiger partial charge in [0.05, 0.1) is 38.1 Å². The Morgan fingerprint density at radius 1 is 1.19 bits per heavy atom. The molecule has 0 aromatic heterocycles. The molecule has 0 fully saturated rings. The van der Waals surface area contributed by atoms with Gasteiger partial charge in [0, 0.05) is 19.2 Å². The van der Waals surface area contributed by atoms with E-state index in [0.29, 0.717) is 30.2 Å². The molecular weight excluding hydrogens is 346 g/mol. The van der Waals surface area contributed by atoms with E-state index in [1.165, 1.54) is 4.90 Å². The molecule has 0 saturated carbocycles. The van der Waals surface area contributed by atoms with E-state index in [9.17, 15) is 9.59 Å². The SMILES string of the molecule is CCCCCN1CC2=C(C1=O)[C@H](c1cccc(OC)c1OC)NC(=O)N2C. The van der Waals surface area contributed by atoms with Gasteiger partial charge in [-0.05, 0) is 12.5 Å². The van der Waals surface area contributed by atoms with Gasteiger partial charge in [-0.1, -0.05) is 31.9 Å². The lowest BCUT2D eigenvalue weighted by molar-refractivity contribution is -0.125. The molecule has 0 spiro atoms. The van der Waals surface area contributed by atoms with E-state index < -0.39 is 6.04 Å². The van der Waals surface area contributed by atoms with Gasteiger partial charge in [0.15, 0.2) is 11.5 Å². The molecular formula is C20H27N3O4. The average Bonchev–Trinajstić information content (AvgIpc) is 3.01. The van der Waals surface area contributed by atoms with Crippen molar-refractivity contribution in [2.45, 2.75) is 32.2 Å². The van der Waals surface area contributed by atoms with Crippen LogP contribution in [0.2, 0.25) is 0 Å². The summed E-state index contributed by atoms with van der Waals surface area (Å²) in [5.41, 5.74) is 2.09. The molecule has 0 saturated heterocycles. The predicted octanol–water partition coefficient (Wildman–Crippen LogP) is 2.69. The van der Waals surface area contributed by atoms with Gasteiger partial charge >= 0.3 is 6.03 Å². The van der Waals surface area contributed by atoms with Gasteiger partial charge in [0.1, 0.15) is 0 Å². The number of carbonyl (C=O) groups excluding carboxylic acids is 2. The molecule has 1 aromatic carbocycles. The molecule has 2 heterocycles. The molecule has 3 rings (SSSR count). The Hall–Kier alpha value is -2.70. The van der Waals surface area contributed by atoms with Crippen LogP contribution in [0.3, 0.4) is 0 Å². The van der Waals surface area contributed by atoms with Gasteiger partial charge in [-0.2, -0.15) is 0 Å². The molecule has 2 aliphatic rings. The minimum absolute atomic E-state index is 0.0252. The highest BCUT2D eigenvalue weighted by Crippen LogP contribution is 2.42. The van der Waals surface area contributed by atoms with Crippen LogP contribution in [0.4, 0.5) is 4.79 Å². The zero-order chi connectivity index (χ0) is 19.6. The number of amides is 3. The Morgan fingerprint density at radius 2 is 1.96 bits per heavy atom. The predicted molar refractivity (Wildman–Crippen MR) is 102 cm³/mol. The van der Waals surface area contributed by atoms with Gasteiger partial charge in [0.25, 0.3) is 5.91 Å². The highest BCUT2D eigenvalue weighted by Gasteiger charge is 2.43. The van der Waals surface area contributed by atoms with Crippen LogP contribution in [-0.4, -0.2) is 56.1 Å². The fourth-order valence-corrected chi connectivity index (χ4v) is 3.73. The molecule has 0 bridgehead atoms. The van der Waals surface area contributed by atoms with E-state index in [0.717, 1.165) is 30.5 Å². The number of benzene rings is 1. The second-order valence-electron chi connectivity index (χ2n) is 6.82. The number of rotatable bonds is 7. The number of para-hydroxylation sites is 1. The standard InChI is InChI=1S/C20H27N3O4/c1-5-6-7-11-23-12-14-16(19(23)24)17(21-20(25)22(14)2)13-9-8-10-15(26-3)18(13)27-4/h8-10,17H,5-7,11-12H2,1-4H3,(H,21,25)/t17-/m0/s1. The van der Waals surface area contributed by atoms with Crippen molar-refractivity contribution in [1.82, 2.24) is 15.1 Å². The Kier molecular flexibility index (Phi) is 5.58. The average molecular weight is 373 g/mol. The fourth-order valence-electron chi connectivity index (χ4n) is 3.73. The van der Waals surface area contributed by atoms with E-state index >= 15 is 0 Å². The zero-order valence-corrected chi connectivity index (χ0v) is 16.4. The topological polar surface area (TPSA) is 71.1 Å². The first-order chi connectivity index (χ1) is 13.0. The maximum absolute atomic E-state index is 13.1. The second kappa shape index (κ2) is 7.90. The van der Waals surface area contributed by atoms with Gasteiger partial charge < -0.3 is 19.7 Å². The Labute approximate surface area is 159 Å². The summed E-state index contributed by atoms with van der Waals surface area (Å²) < 4.78 is 10.9. The van der Waals surface area contributed by atoms with Crippen molar-refractivity contribution in [3.63, 3.8) is 0 Å². The first-order valence-electron chi connectivity index (χ1n) is 9.30. The summed E-state index contributed by atoms with van der Waals surface area (Å²) in [5, 5.41) is 2.94. The third-order valence-electron chi connectivity index (χ3n) is 5.21. The van der Waals surface area contributed by atoms with Crippen molar-refractivity contribution in [1.29, 1.82) is 0 Å². The van der Waals surface area contributed by atoms with Crippen molar-refractivity contribution in [2.24, 2.45) is 0 Å². The summed E-state index contributed by atoms with van der Waals surface area (Å²) in [5.74, 6) is 1.07. The quantitative estimate of drug-likeness (QED) is 0.746. The number of likely N-dealkylation sites (N-methyl/N-ethyl adjacent to an activating group) is 1. The van der Waals surface area contributed by atoms with Crippen molar-refractivity contribution in [3.05, 3.63) is 35.0 Å². The molecule has 3 amide bonds. The molecule has 146 valence electrons. The largest absolute Gasteiger partial charge is 0.493 e. The van der Waals surface area contributed by atoms with Crippen LogP contribution in [0, 0.1) is 0 Å². The second-order valence-corrected chi connectivity index (χ2v) is 6.82.